The molecule has 0 aliphatic heterocycles. The monoisotopic (exact) mass is 358 g/mol. The summed E-state index contributed by atoms with van der Waals surface area (Å²) in [6.07, 6.45) is 0. The minimum Gasteiger partial charge on any atom is -0.374 e. The van der Waals surface area contributed by atoms with Gasteiger partial charge in [-0.15, -0.1) is 0 Å². The van der Waals surface area contributed by atoms with Gasteiger partial charge in [0, 0.05) is 6.07 Å². The third kappa shape index (κ3) is 3.98. The molecule has 0 saturated heterocycles. The zero-order valence-corrected chi connectivity index (χ0v) is 12.2. The average molecular weight is 359 g/mol. The first-order valence-corrected chi connectivity index (χ1v) is 6.69. The first-order chi connectivity index (χ1) is 9.97. The first-order valence-electron chi connectivity index (χ1n) is 5.90. The number of hydrogen-bond donors (Lipinski definition) is 2. The number of benzene rings is 2. The summed E-state index contributed by atoms with van der Waals surface area (Å²) in [4.78, 5) is 11.6. The molecule has 0 bridgehead atoms. The third-order valence-electron chi connectivity index (χ3n) is 2.60. The van der Waals surface area contributed by atoms with Gasteiger partial charge in [0.25, 0.3) is 0 Å². The van der Waals surface area contributed by atoms with E-state index in [1.165, 1.54) is 18.2 Å². The molecular weight excluding hydrogens is 349 g/mol. The summed E-state index contributed by atoms with van der Waals surface area (Å²) in [7, 11) is 0. The lowest BCUT2D eigenvalue weighted by Gasteiger charge is -2.09. The van der Waals surface area contributed by atoms with Gasteiger partial charge in [0.15, 0.2) is 0 Å². The molecule has 110 valence electrons. The summed E-state index contributed by atoms with van der Waals surface area (Å²) in [5.41, 5.74) is -0.133. The maximum atomic E-state index is 13.5. The SMILES string of the molecule is O=C(CNc1cc(F)c(Br)cc1F)Nc1ccccc1F. The molecule has 0 radical (unpaired) electrons. The van der Waals surface area contributed by atoms with E-state index in [2.05, 4.69) is 26.6 Å². The van der Waals surface area contributed by atoms with E-state index < -0.39 is 23.4 Å². The third-order valence-corrected chi connectivity index (χ3v) is 3.21. The van der Waals surface area contributed by atoms with Crippen molar-refractivity contribution < 1.29 is 18.0 Å². The molecule has 0 atom stereocenters. The number of nitrogens with one attached hydrogen (secondary N) is 2. The molecule has 7 heteroatoms. The van der Waals surface area contributed by atoms with Gasteiger partial charge in [-0.1, -0.05) is 12.1 Å². The molecule has 0 saturated carbocycles. The predicted octanol–water partition coefficient (Wildman–Crippen LogP) is 3.92. The van der Waals surface area contributed by atoms with Crippen LogP contribution in [0.25, 0.3) is 0 Å². The van der Waals surface area contributed by atoms with Crippen molar-refractivity contribution >= 4 is 33.2 Å². The van der Waals surface area contributed by atoms with Gasteiger partial charge < -0.3 is 10.6 Å². The molecule has 0 aliphatic carbocycles. The van der Waals surface area contributed by atoms with E-state index in [1.807, 2.05) is 0 Å². The normalized spacial score (nSPS) is 10.3. The quantitative estimate of drug-likeness (QED) is 0.813. The standard InChI is InChI=1S/C14H10BrF3N2O/c15-8-5-11(18)13(6-10(8)17)19-7-14(21)20-12-4-2-1-3-9(12)16/h1-6,19H,7H2,(H,20,21). The molecule has 0 spiro atoms. The van der Waals surface area contributed by atoms with Gasteiger partial charge in [-0.3, -0.25) is 4.79 Å². The summed E-state index contributed by atoms with van der Waals surface area (Å²) in [6, 6.07) is 7.53. The van der Waals surface area contributed by atoms with Crippen LogP contribution in [0.4, 0.5) is 24.5 Å². The Morgan fingerprint density at radius 2 is 1.71 bits per heavy atom. The van der Waals surface area contributed by atoms with Crippen LogP contribution in [-0.2, 0) is 4.79 Å². The fourth-order valence-electron chi connectivity index (χ4n) is 1.59. The average Bonchev–Trinajstić information content (AvgIpc) is 2.44. The molecule has 2 aromatic rings. The molecule has 2 aromatic carbocycles. The molecule has 2 rings (SSSR count). The molecule has 1 amide bonds. The minimum absolute atomic E-state index is 0.0126. The lowest BCUT2D eigenvalue weighted by Crippen LogP contribution is -2.22. The lowest BCUT2D eigenvalue weighted by molar-refractivity contribution is -0.114. The molecule has 0 heterocycles. The van der Waals surface area contributed by atoms with Gasteiger partial charge in [-0.25, -0.2) is 13.2 Å². The van der Waals surface area contributed by atoms with Crippen molar-refractivity contribution in [3.05, 3.63) is 58.3 Å². The smallest absolute Gasteiger partial charge is 0.243 e. The Bertz CT molecular complexity index is 679. The maximum Gasteiger partial charge on any atom is 0.243 e. The Hall–Kier alpha value is -2.02. The molecule has 0 aromatic heterocycles. The summed E-state index contributed by atoms with van der Waals surface area (Å²) in [6.45, 7) is -0.327. The number of carbonyl (C=O) groups is 1. The van der Waals surface area contributed by atoms with Crippen molar-refractivity contribution in [1.29, 1.82) is 0 Å². The van der Waals surface area contributed by atoms with Gasteiger partial charge in [0.05, 0.1) is 22.4 Å². The van der Waals surface area contributed by atoms with Crippen molar-refractivity contribution in [2.24, 2.45) is 0 Å². The van der Waals surface area contributed by atoms with Gasteiger partial charge in [-0.05, 0) is 34.1 Å². The van der Waals surface area contributed by atoms with E-state index in [0.717, 1.165) is 12.1 Å². The second-order valence-electron chi connectivity index (χ2n) is 4.13. The summed E-state index contributed by atoms with van der Waals surface area (Å²) in [5.74, 6) is -2.52. The van der Waals surface area contributed by atoms with Crippen molar-refractivity contribution in [3.63, 3.8) is 0 Å². The van der Waals surface area contributed by atoms with Gasteiger partial charge in [-0.2, -0.15) is 0 Å². The zero-order chi connectivity index (χ0) is 15.4. The Morgan fingerprint density at radius 1 is 1.00 bits per heavy atom. The van der Waals surface area contributed by atoms with Crippen LogP contribution < -0.4 is 10.6 Å². The molecule has 21 heavy (non-hydrogen) atoms. The molecule has 0 aliphatic rings. The van der Waals surface area contributed by atoms with E-state index in [0.29, 0.717) is 0 Å². The van der Waals surface area contributed by atoms with E-state index in [1.54, 1.807) is 6.07 Å². The van der Waals surface area contributed by atoms with Gasteiger partial charge in [0.2, 0.25) is 5.91 Å². The van der Waals surface area contributed by atoms with Crippen LogP contribution in [0.1, 0.15) is 0 Å². The number of carbonyl (C=O) groups excluding carboxylic acids is 1. The van der Waals surface area contributed by atoms with Gasteiger partial charge in [0.1, 0.15) is 17.5 Å². The van der Waals surface area contributed by atoms with Crippen LogP contribution in [0.15, 0.2) is 40.9 Å². The Labute approximate surface area is 127 Å². The fourth-order valence-corrected chi connectivity index (χ4v) is 1.91. The minimum atomic E-state index is -0.707. The summed E-state index contributed by atoms with van der Waals surface area (Å²) < 4.78 is 40.1. The number of rotatable bonds is 4. The Kier molecular flexibility index (Phi) is 4.85. The number of anilines is 2. The van der Waals surface area contributed by atoms with Crippen molar-refractivity contribution in [1.82, 2.24) is 0 Å². The number of para-hydroxylation sites is 1. The summed E-state index contributed by atoms with van der Waals surface area (Å²) >= 11 is 2.85. The molecular formula is C14H10BrF3N2O. The van der Waals surface area contributed by atoms with Crippen LogP contribution >= 0.6 is 15.9 Å². The van der Waals surface area contributed by atoms with Crippen LogP contribution in [0, 0.1) is 17.5 Å². The van der Waals surface area contributed by atoms with Crippen LogP contribution in [0.3, 0.4) is 0 Å². The highest BCUT2D eigenvalue weighted by Crippen LogP contribution is 2.23. The van der Waals surface area contributed by atoms with E-state index in [4.69, 9.17) is 0 Å². The molecule has 0 unspecified atom stereocenters. The largest absolute Gasteiger partial charge is 0.374 e. The Morgan fingerprint density at radius 3 is 2.43 bits per heavy atom. The number of amides is 1. The van der Waals surface area contributed by atoms with Crippen molar-refractivity contribution in [2.45, 2.75) is 0 Å². The van der Waals surface area contributed by atoms with Crippen LogP contribution in [-0.4, -0.2) is 12.5 Å². The number of hydrogen-bond acceptors (Lipinski definition) is 2. The van der Waals surface area contributed by atoms with Crippen LogP contribution in [0.5, 0.6) is 0 Å². The molecule has 0 fully saturated rings. The predicted molar refractivity (Wildman–Crippen MR) is 77.6 cm³/mol. The topological polar surface area (TPSA) is 41.1 Å². The van der Waals surface area contributed by atoms with Crippen molar-refractivity contribution in [3.8, 4) is 0 Å². The molecule has 2 N–H and O–H groups in total. The second kappa shape index (κ2) is 6.62. The van der Waals surface area contributed by atoms with Crippen molar-refractivity contribution in [2.75, 3.05) is 17.2 Å². The molecule has 3 nitrogen and oxygen atoms in total. The van der Waals surface area contributed by atoms with E-state index >= 15 is 0 Å². The zero-order valence-electron chi connectivity index (χ0n) is 10.6. The number of halogens is 4. The van der Waals surface area contributed by atoms with E-state index in [9.17, 15) is 18.0 Å². The van der Waals surface area contributed by atoms with Gasteiger partial charge >= 0.3 is 0 Å². The Balaban J connectivity index is 1.99. The first kappa shape index (κ1) is 15.4. The second-order valence-corrected chi connectivity index (χ2v) is 4.98. The highest BCUT2D eigenvalue weighted by Gasteiger charge is 2.10. The van der Waals surface area contributed by atoms with Crippen LogP contribution in [0.2, 0.25) is 0 Å². The summed E-state index contributed by atoms with van der Waals surface area (Å²) in [5, 5.41) is 4.77. The fraction of sp³-hybridized carbons (Fsp3) is 0.0714. The lowest BCUT2D eigenvalue weighted by atomic mass is 10.3. The maximum absolute atomic E-state index is 13.5. The highest BCUT2D eigenvalue weighted by atomic mass is 79.9. The van der Waals surface area contributed by atoms with E-state index in [-0.39, 0.29) is 22.4 Å². The highest BCUT2D eigenvalue weighted by molar-refractivity contribution is 9.10.